The smallest absolute Gasteiger partial charge is 0.241 e. The molecule has 0 radical (unpaired) electrons. The molecule has 4 rings (SSSR count). The summed E-state index contributed by atoms with van der Waals surface area (Å²) < 4.78 is 14.3. The van der Waals surface area contributed by atoms with Gasteiger partial charge in [-0.05, 0) is 41.7 Å². The summed E-state index contributed by atoms with van der Waals surface area (Å²) in [6.45, 7) is 0.608. The van der Waals surface area contributed by atoms with Crippen LogP contribution in [0.4, 0.5) is 15.8 Å². The maximum Gasteiger partial charge on any atom is 0.241 e. The first-order valence-corrected chi connectivity index (χ1v) is 8.33. The second-order valence-electron chi connectivity index (χ2n) is 6.43. The van der Waals surface area contributed by atoms with Crippen molar-refractivity contribution >= 4 is 35.6 Å². The maximum absolute atomic E-state index is 14.3. The quantitative estimate of drug-likeness (QED) is 0.756. The molecule has 5 nitrogen and oxygen atoms in total. The van der Waals surface area contributed by atoms with E-state index in [1.54, 1.807) is 0 Å². The number of hydrogen-bond donors (Lipinski definition) is 3. The van der Waals surface area contributed by atoms with Crippen molar-refractivity contribution in [2.75, 3.05) is 10.6 Å². The molecule has 0 spiro atoms. The summed E-state index contributed by atoms with van der Waals surface area (Å²) in [5.74, 6) is -0.864. The number of aryl methyl sites for hydroxylation is 1. The summed E-state index contributed by atoms with van der Waals surface area (Å²) in [6, 6.07) is 10.4. The Morgan fingerprint density at radius 1 is 1.12 bits per heavy atom. The van der Waals surface area contributed by atoms with Crippen LogP contribution in [0.15, 0.2) is 36.4 Å². The van der Waals surface area contributed by atoms with E-state index in [0.29, 0.717) is 31.5 Å². The Kier molecular flexibility index (Phi) is 5.25. The summed E-state index contributed by atoms with van der Waals surface area (Å²) in [5, 5.41) is 8.55. The van der Waals surface area contributed by atoms with Crippen LogP contribution in [0.3, 0.4) is 0 Å². The lowest BCUT2D eigenvalue weighted by Crippen LogP contribution is -2.44. The fourth-order valence-electron chi connectivity index (χ4n) is 3.35. The molecule has 2 amide bonds. The van der Waals surface area contributed by atoms with E-state index in [-0.39, 0.29) is 29.9 Å². The lowest BCUT2D eigenvalue weighted by atomic mass is 9.95. The predicted octanol–water partition coefficient (Wildman–Crippen LogP) is 2.79. The van der Waals surface area contributed by atoms with Crippen LogP contribution in [0.5, 0.6) is 0 Å². The van der Waals surface area contributed by atoms with E-state index in [9.17, 15) is 14.0 Å². The highest BCUT2D eigenvalue weighted by Crippen LogP contribution is 2.29. The van der Waals surface area contributed by atoms with E-state index in [1.807, 2.05) is 24.3 Å². The molecule has 2 heterocycles. The Bertz CT molecular complexity index is 872. The molecule has 0 aromatic heterocycles. The predicted molar refractivity (Wildman–Crippen MR) is 100 cm³/mol. The van der Waals surface area contributed by atoms with E-state index in [2.05, 4.69) is 16.0 Å². The molecule has 2 aromatic rings. The Hall–Kier alpha value is -2.44. The van der Waals surface area contributed by atoms with E-state index in [4.69, 9.17) is 0 Å². The van der Waals surface area contributed by atoms with Gasteiger partial charge in [0.1, 0.15) is 5.82 Å². The zero-order chi connectivity index (χ0) is 17.4. The van der Waals surface area contributed by atoms with Crippen molar-refractivity contribution < 1.29 is 14.0 Å². The fourth-order valence-corrected chi connectivity index (χ4v) is 3.35. The van der Waals surface area contributed by atoms with Crippen LogP contribution in [-0.2, 0) is 29.0 Å². The molecule has 0 aliphatic carbocycles. The number of nitrogens with one attached hydrogen (secondary N) is 3. The van der Waals surface area contributed by atoms with Gasteiger partial charge in [-0.1, -0.05) is 24.3 Å². The minimum absolute atomic E-state index is 0. The van der Waals surface area contributed by atoms with Crippen LogP contribution < -0.4 is 16.0 Å². The van der Waals surface area contributed by atoms with Crippen LogP contribution >= 0.6 is 12.4 Å². The average molecular weight is 376 g/mol. The highest BCUT2D eigenvalue weighted by atomic mass is 35.5. The number of amides is 2. The first-order valence-electron chi connectivity index (χ1n) is 8.33. The van der Waals surface area contributed by atoms with Gasteiger partial charge >= 0.3 is 0 Å². The van der Waals surface area contributed by atoms with Crippen LogP contribution in [0.2, 0.25) is 0 Å². The van der Waals surface area contributed by atoms with E-state index in [1.165, 1.54) is 17.7 Å². The van der Waals surface area contributed by atoms with Gasteiger partial charge in [0.25, 0.3) is 0 Å². The zero-order valence-corrected chi connectivity index (χ0v) is 14.8. The van der Waals surface area contributed by atoms with E-state index < -0.39 is 11.9 Å². The molecule has 2 aliphatic heterocycles. The molecule has 0 bridgehead atoms. The summed E-state index contributed by atoms with van der Waals surface area (Å²) in [7, 11) is 0. The van der Waals surface area contributed by atoms with Crippen molar-refractivity contribution in [2.45, 2.75) is 31.8 Å². The van der Waals surface area contributed by atoms with Crippen LogP contribution in [0.1, 0.15) is 23.1 Å². The van der Waals surface area contributed by atoms with Gasteiger partial charge in [0, 0.05) is 18.7 Å². The Labute approximate surface area is 156 Å². The summed E-state index contributed by atoms with van der Waals surface area (Å²) in [5.41, 5.74) is 3.70. The first kappa shape index (κ1) is 18.4. The normalized spacial score (nSPS) is 18.0. The number of anilines is 2. The lowest BCUT2D eigenvalue weighted by molar-refractivity contribution is -0.118. The van der Waals surface area contributed by atoms with Crippen molar-refractivity contribution in [3.8, 4) is 0 Å². The number of benzene rings is 2. The monoisotopic (exact) mass is 375 g/mol. The number of halogens is 2. The molecule has 0 saturated carbocycles. The molecule has 3 N–H and O–H groups in total. The molecule has 0 saturated heterocycles. The second-order valence-corrected chi connectivity index (χ2v) is 6.43. The van der Waals surface area contributed by atoms with Crippen molar-refractivity contribution in [3.05, 3.63) is 58.9 Å². The number of fused-ring (bicyclic) bond motifs is 2. The molecular weight excluding hydrogens is 357 g/mol. The topological polar surface area (TPSA) is 70.2 Å². The highest BCUT2D eigenvalue weighted by molar-refractivity contribution is 5.98. The van der Waals surface area contributed by atoms with Crippen molar-refractivity contribution in [1.82, 2.24) is 5.32 Å². The molecular formula is C19H19ClFN3O2. The largest absolute Gasteiger partial charge is 0.326 e. The molecule has 1 atom stereocenters. The first-order chi connectivity index (χ1) is 12.1. The minimum Gasteiger partial charge on any atom is -0.326 e. The number of carbonyl (C=O) groups excluding carboxylic acids is 2. The van der Waals surface area contributed by atoms with Crippen molar-refractivity contribution in [2.24, 2.45) is 0 Å². The van der Waals surface area contributed by atoms with Crippen LogP contribution in [-0.4, -0.2) is 17.9 Å². The molecule has 1 unspecified atom stereocenters. The second kappa shape index (κ2) is 7.43. The van der Waals surface area contributed by atoms with Gasteiger partial charge in [0.15, 0.2) is 0 Å². The van der Waals surface area contributed by atoms with E-state index in [0.717, 1.165) is 11.1 Å². The molecule has 136 valence electrons. The molecule has 2 aliphatic rings. The SMILES string of the molecule is Cl.O=C1CCc2cc(F)c(NC(=O)C3Cc4ccccc4CN3)cc2N1. The molecule has 7 heteroatoms. The maximum atomic E-state index is 14.3. The third-order valence-corrected chi connectivity index (χ3v) is 4.74. The standard InChI is InChI=1S/C19H18FN3O2.ClH/c20-14-7-12-5-6-18(24)22-15(12)9-16(14)23-19(25)17-8-11-3-1-2-4-13(11)10-21-17;/h1-4,7,9,17,21H,5-6,8,10H2,(H,22,24)(H,23,25);1H. The summed E-state index contributed by atoms with van der Waals surface area (Å²) in [6.07, 6.45) is 1.42. The summed E-state index contributed by atoms with van der Waals surface area (Å²) >= 11 is 0. The Morgan fingerprint density at radius 2 is 1.88 bits per heavy atom. The fraction of sp³-hybridized carbons (Fsp3) is 0.263. The van der Waals surface area contributed by atoms with Crippen LogP contribution in [0, 0.1) is 5.82 Å². The zero-order valence-electron chi connectivity index (χ0n) is 14.0. The van der Waals surface area contributed by atoms with Gasteiger partial charge < -0.3 is 16.0 Å². The third-order valence-electron chi connectivity index (χ3n) is 4.74. The Morgan fingerprint density at radius 3 is 2.69 bits per heavy atom. The third kappa shape index (κ3) is 3.57. The van der Waals surface area contributed by atoms with E-state index >= 15 is 0 Å². The van der Waals surface area contributed by atoms with Crippen molar-refractivity contribution in [1.29, 1.82) is 0 Å². The highest BCUT2D eigenvalue weighted by Gasteiger charge is 2.25. The lowest BCUT2D eigenvalue weighted by Gasteiger charge is -2.25. The number of hydrogen-bond acceptors (Lipinski definition) is 3. The van der Waals surface area contributed by atoms with Gasteiger partial charge in [0.2, 0.25) is 11.8 Å². The van der Waals surface area contributed by atoms with Gasteiger partial charge in [0.05, 0.1) is 11.7 Å². The Balaban J connectivity index is 0.00000196. The average Bonchev–Trinajstić information content (AvgIpc) is 2.62. The molecule has 2 aromatic carbocycles. The molecule has 26 heavy (non-hydrogen) atoms. The summed E-state index contributed by atoms with van der Waals surface area (Å²) in [4.78, 5) is 24.0. The van der Waals surface area contributed by atoms with Crippen LogP contribution in [0.25, 0.3) is 0 Å². The minimum atomic E-state index is -0.487. The van der Waals surface area contributed by atoms with Gasteiger partial charge in [-0.3, -0.25) is 9.59 Å². The van der Waals surface area contributed by atoms with Gasteiger partial charge in [-0.25, -0.2) is 4.39 Å². The van der Waals surface area contributed by atoms with Crippen molar-refractivity contribution in [3.63, 3.8) is 0 Å². The van der Waals surface area contributed by atoms with Gasteiger partial charge in [-0.15, -0.1) is 12.4 Å². The molecule has 0 fully saturated rings. The van der Waals surface area contributed by atoms with Gasteiger partial charge in [-0.2, -0.15) is 0 Å². The number of rotatable bonds is 2. The number of carbonyl (C=O) groups is 2.